The maximum atomic E-state index is 13.9. The van der Waals surface area contributed by atoms with Gasteiger partial charge in [-0.05, 0) is 55.6 Å². The summed E-state index contributed by atoms with van der Waals surface area (Å²) in [5.74, 6) is -2.25. The Morgan fingerprint density at radius 1 is 1.09 bits per heavy atom. The number of rotatable bonds is 2. The van der Waals surface area contributed by atoms with Gasteiger partial charge in [-0.1, -0.05) is 42.3 Å². The third-order valence-corrected chi connectivity index (χ3v) is 8.15. The summed E-state index contributed by atoms with van der Waals surface area (Å²) in [5, 5.41) is 3.67. The highest BCUT2D eigenvalue weighted by molar-refractivity contribution is 6.38. The molecule has 3 amide bonds. The van der Waals surface area contributed by atoms with E-state index in [0.29, 0.717) is 17.3 Å². The fourth-order valence-corrected chi connectivity index (χ4v) is 6.86. The van der Waals surface area contributed by atoms with Crippen LogP contribution in [-0.4, -0.2) is 35.2 Å². The van der Waals surface area contributed by atoms with E-state index in [0.717, 1.165) is 36.1 Å². The van der Waals surface area contributed by atoms with Crippen LogP contribution in [-0.2, 0) is 26.3 Å². The maximum Gasteiger partial charge on any atom is 0.250 e. The number of amides is 3. The molecule has 4 aliphatic heterocycles. The molecule has 2 aromatic rings. The smallest absolute Gasteiger partial charge is 0.250 e. The van der Waals surface area contributed by atoms with Gasteiger partial charge in [0.1, 0.15) is 5.54 Å². The van der Waals surface area contributed by atoms with E-state index in [2.05, 4.69) is 17.1 Å². The number of benzene rings is 2. The number of imide groups is 1. The largest absolute Gasteiger partial charge is 0.324 e. The van der Waals surface area contributed by atoms with Crippen LogP contribution in [0.25, 0.3) is 0 Å². The highest BCUT2D eigenvalue weighted by atomic mass is 35.5. The van der Waals surface area contributed by atoms with Gasteiger partial charge < -0.3 is 5.32 Å². The summed E-state index contributed by atoms with van der Waals surface area (Å²) in [5.41, 5.74) is 1.77. The van der Waals surface area contributed by atoms with Crippen LogP contribution in [0.4, 0.5) is 11.4 Å². The van der Waals surface area contributed by atoms with Crippen LogP contribution in [0, 0.1) is 11.8 Å². The molecule has 4 heterocycles. The molecule has 32 heavy (non-hydrogen) atoms. The zero-order valence-corrected chi connectivity index (χ0v) is 18.9. The normalized spacial score (nSPS) is 30.8. The van der Waals surface area contributed by atoms with Crippen molar-refractivity contribution >= 4 is 52.3 Å². The number of halogens is 2. The lowest BCUT2D eigenvalue weighted by atomic mass is 9.75. The maximum absolute atomic E-state index is 13.9. The van der Waals surface area contributed by atoms with E-state index in [1.165, 1.54) is 11.0 Å². The molecule has 4 aliphatic rings. The molecule has 0 unspecified atom stereocenters. The first kappa shape index (κ1) is 20.2. The topological polar surface area (TPSA) is 69.7 Å². The molecule has 164 valence electrons. The lowest BCUT2D eigenvalue weighted by Crippen LogP contribution is -2.54. The Bertz CT molecular complexity index is 1210. The summed E-state index contributed by atoms with van der Waals surface area (Å²) in [6.45, 7) is 2.74. The molecule has 4 atom stereocenters. The van der Waals surface area contributed by atoms with Crippen molar-refractivity contribution < 1.29 is 14.4 Å². The van der Waals surface area contributed by atoms with Gasteiger partial charge in [0.25, 0.3) is 0 Å². The quantitative estimate of drug-likeness (QED) is 0.675. The van der Waals surface area contributed by atoms with E-state index in [4.69, 9.17) is 23.2 Å². The number of fused-ring (bicyclic) bond motifs is 7. The standard InChI is InChI=1S/C24H21Cl2N3O3/c1-2-12-5-7-16-14(10-12)24(23(32)27-16)20-19(18-4-3-9-28(18)24)21(30)29(22(20)31)17-8-6-13(25)11-15(17)26/h5-8,10-11,18-20H,2-4,9H2,1H3,(H,27,32)/t18-,19+,20-,24+/m0/s1. The third kappa shape index (κ3) is 2.33. The second-order valence-electron chi connectivity index (χ2n) is 8.97. The summed E-state index contributed by atoms with van der Waals surface area (Å²) >= 11 is 12.4. The van der Waals surface area contributed by atoms with Gasteiger partial charge >= 0.3 is 0 Å². The summed E-state index contributed by atoms with van der Waals surface area (Å²) < 4.78 is 0. The number of anilines is 2. The molecule has 0 radical (unpaired) electrons. The van der Waals surface area contributed by atoms with Crippen molar-refractivity contribution in [2.24, 2.45) is 11.8 Å². The summed E-state index contributed by atoms with van der Waals surface area (Å²) in [6, 6.07) is 10.5. The molecular weight excluding hydrogens is 449 g/mol. The van der Waals surface area contributed by atoms with Crippen molar-refractivity contribution in [2.45, 2.75) is 37.8 Å². The monoisotopic (exact) mass is 469 g/mol. The first-order valence-electron chi connectivity index (χ1n) is 10.9. The van der Waals surface area contributed by atoms with Crippen molar-refractivity contribution in [1.82, 2.24) is 4.90 Å². The molecule has 0 saturated carbocycles. The van der Waals surface area contributed by atoms with Crippen LogP contribution in [0.5, 0.6) is 0 Å². The number of hydrogen-bond acceptors (Lipinski definition) is 4. The minimum atomic E-state index is -1.17. The van der Waals surface area contributed by atoms with E-state index in [-0.39, 0.29) is 28.8 Å². The Kier molecular flexibility index (Phi) is 4.29. The molecule has 0 aromatic heterocycles. The molecule has 3 fully saturated rings. The van der Waals surface area contributed by atoms with Crippen LogP contribution in [0.2, 0.25) is 10.0 Å². The number of carbonyl (C=O) groups excluding carboxylic acids is 3. The molecule has 8 heteroatoms. The van der Waals surface area contributed by atoms with E-state index in [9.17, 15) is 14.4 Å². The van der Waals surface area contributed by atoms with Crippen LogP contribution in [0.15, 0.2) is 36.4 Å². The van der Waals surface area contributed by atoms with Crippen molar-refractivity contribution in [3.05, 3.63) is 57.6 Å². The SMILES string of the molecule is CCc1ccc2c(c1)[C@]1(C(=O)N2)[C@@H]2C(=O)N(c3ccc(Cl)cc3Cl)C(=O)[C@@H]2[C@@H]2CCCN21. The fraction of sp³-hybridized carbons (Fsp3) is 0.375. The Morgan fingerprint density at radius 2 is 1.91 bits per heavy atom. The molecule has 2 aromatic carbocycles. The van der Waals surface area contributed by atoms with Crippen LogP contribution < -0.4 is 10.2 Å². The molecule has 6 rings (SSSR count). The molecule has 3 saturated heterocycles. The van der Waals surface area contributed by atoms with Crippen LogP contribution >= 0.6 is 23.2 Å². The lowest BCUT2D eigenvalue weighted by Gasteiger charge is -2.36. The molecular formula is C24H21Cl2N3O3. The van der Waals surface area contributed by atoms with Crippen molar-refractivity contribution in [1.29, 1.82) is 0 Å². The van der Waals surface area contributed by atoms with Gasteiger partial charge in [0.05, 0.1) is 22.5 Å². The predicted molar refractivity (Wildman–Crippen MR) is 122 cm³/mol. The van der Waals surface area contributed by atoms with Gasteiger partial charge in [0, 0.05) is 22.3 Å². The Labute approximate surface area is 195 Å². The summed E-state index contributed by atoms with van der Waals surface area (Å²) in [7, 11) is 0. The Balaban J connectivity index is 1.56. The Morgan fingerprint density at radius 3 is 2.66 bits per heavy atom. The second-order valence-corrected chi connectivity index (χ2v) is 9.81. The average molecular weight is 470 g/mol. The van der Waals surface area contributed by atoms with Crippen LogP contribution in [0.3, 0.4) is 0 Å². The average Bonchev–Trinajstić information content (AvgIpc) is 3.47. The fourth-order valence-electron chi connectivity index (χ4n) is 6.37. The van der Waals surface area contributed by atoms with E-state index >= 15 is 0 Å². The number of nitrogens with zero attached hydrogens (tertiary/aromatic N) is 2. The van der Waals surface area contributed by atoms with Crippen LogP contribution in [0.1, 0.15) is 30.9 Å². The zero-order chi connectivity index (χ0) is 22.4. The third-order valence-electron chi connectivity index (χ3n) is 7.62. The van der Waals surface area contributed by atoms with Crippen molar-refractivity contribution in [3.8, 4) is 0 Å². The van der Waals surface area contributed by atoms with Gasteiger partial charge in [0.15, 0.2) is 0 Å². The van der Waals surface area contributed by atoms with E-state index in [1.807, 2.05) is 18.2 Å². The predicted octanol–water partition coefficient (Wildman–Crippen LogP) is 3.99. The minimum absolute atomic E-state index is 0.158. The van der Waals surface area contributed by atoms with E-state index in [1.54, 1.807) is 12.1 Å². The first-order chi connectivity index (χ1) is 15.4. The Hall–Kier alpha value is -2.41. The zero-order valence-electron chi connectivity index (χ0n) is 17.4. The molecule has 0 aliphatic carbocycles. The molecule has 0 bridgehead atoms. The van der Waals surface area contributed by atoms with Gasteiger partial charge in [0.2, 0.25) is 17.7 Å². The highest BCUT2D eigenvalue weighted by Gasteiger charge is 2.74. The molecule has 1 spiro atoms. The summed E-state index contributed by atoms with van der Waals surface area (Å²) in [4.78, 5) is 44.6. The van der Waals surface area contributed by atoms with Gasteiger partial charge in [-0.3, -0.25) is 19.3 Å². The van der Waals surface area contributed by atoms with Crippen molar-refractivity contribution in [2.75, 3.05) is 16.8 Å². The number of aryl methyl sites for hydroxylation is 1. The number of carbonyl (C=O) groups is 3. The van der Waals surface area contributed by atoms with Gasteiger partial charge in [-0.25, -0.2) is 4.90 Å². The van der Waals surface area contributed by atoms with E-state index < -0.39 is 17.4 Å². The van der Waals surface area contributed by atoms with Gasteiger partial charge in [-0.15, -0.1) is 0 Å². The number of hydrogen-bond donors (Lipinski definition) is 1. The second kappa shape index (κ2) is 6.80. The number of nitrogens with one attached hydrogen (secondary N) is 1. The lowest BCUT2D eigenvalue weighted by molar-refractivity contribution is -0.135. The van der Waals surface area contributed by atoms with Crippen molar-refractivity contribution in [3.63, 3.8) is 0 Å². The first-order valence-corrected chi connectivity index (χ1v) is 11.7. The molecule has 1 N–H and O–H groups in total. The highest BCUT2D eigenvalue weighted by Crippen LogP contribution is 2.61. The summed E-state index contributed by atoms with van der Waals surface area (Å²) in [6.07, 6.45) is 2.48. The van der Waals surface area contributed by atoms with Gasteiger partial charge in [-0.2, -0.15) is 0 Å². The molecule has 6 nitrogen and oxygen atoms in total. The minimum Gasteiger partial charge on any atom is -0.324 e.